The van der Waals surface area contributed by atoms with Crippen LogP contribution in [0.4, 0.5) is 20.3 Å². The van der Waals surface area contributed by atoms with Crippen LogP contribution < -0.4 is 11.1 Å². The van der Waals surface area contributed by atoms with E-state index in [1.54, 1.807) is 24.7 Å². The maximum absolute atomic E-state index is 14.3. The van der Waals surface area contributed by atoms with Gasteiger partial charge in [-0.15, -0.1) is 0 Å². The monoisotopic (exact) mass is 362 g/mol. The molecule has 0 aliphatic rings. The molecule has 7 heteroatoms. The first-order valence-electron chi connectivity index (χ1n) is 7.66. The number of nitrogens with two attached hydrogens (primary N) is 1. The third-order valence-corrected chi connectivity index (χ3v) is 4.30. The summed E-state index contributed by atoms with van der Waals surface area (Å²) in [5.41, 5.74) is 8.65. The number of halogens is 3. The largest absolute Gasteiger partial charge is 0.338 e. The van der Waals surface area contributed by atoms with Crippen molar-refractivity contribution in [3.05, 3.63) is 64.3 Å². The number of rotatable bonds is 4. The summed E-state index contributed by atoms with van der Waals surface area (Å²) >= 11 is 6.30. The molecule has 130 valence electrons. The number of nitrogens with zero attached hydrogens (tertiary/aromatic N) is 2. The molecule has 0 amide bonds. The van der Waals surface area contributed by atoms with Crippen LogP contribution in [0.25, 0.3) is 11.1 Å². The summed E-state index contributed by atoms with van der Waals surface area (Å²) < 4.78 is 29.2. The van der Waals surface area contributed by atoms with E-state index in [9.17, 15) is 8.78 Å². The van der Waals surface area contributed by atoms with Crippen LogP contribution in [0.5, 0.6) is 0 Å². The van der Waals surface area contributed by atoms with Crippen LogP contribution in [0.2, 0.25) is 5.02 Å². The molecule has 3 aromatic rings. The van der Waals surface area contributed by atoms with Gasteiger partial charge in [0.1, 0.15) is 17.5 Å². The summed E-state index contributed by atoms with van der Waals surface area (Å²) in [5, 5.41) is 8.06. The van der Waals surface area contributed by atoms with Crippen molar-refractivity contribution in [1.82, 2.24) is 9.78 Å². The number of nitrogens with one attached hydrogen (secondary N) is 1. The standard InChI is InChI=1S/C18H17ClF2N4/c1-10-16(13-7-6-12(20)8-15(13)21)18(25(2)24-10)23-17-11(9-22)4-3-5-14(17)19/h3-8,23H,9,22H2,1-2H3. The third kappa shape index (κ3) is 3.23. The van der Waals surface area contributed by atoms with Crippen LogP contribution in [0, 0.1) is 18.6 Å². The highest BCUT2D eigenvalue weighted by Gasteiger charge is 2.20. The van der Waals surface area contributed by atoms with Crippen molar-refractivity contribution in [2.24, 2.45) is 12.8 Å². The summed E-state index contributed by atoms with van der Waals surface area (Å²) in [6, 6.07) is 8.88. The first kappa shape index (κ1) is 17.4. The Hall–Kier alpha value is -2.44. The molecule has 0 unspecified atom stereocenters. The summed E-state index contributed by atoms with van der Waals surface area (Å²) in [7, 11) is 1.74. The predicted octanol–water partition coefficient (Wildman–Crippen LogP) is 4.53. The van der Waals surface area contributed by atoms with Crippen molar-refractivity contribution in [2.45, 2.75) is 13.5 Å². The van der Waals surface area contributed by atoms with Crippen LogP contribution in [0.3, 0.4) is 0 Å². The average Bonchev–Trinajstić information content (AvgIpc) is 2.83. The van der Waals surface area contributed by atoms with E-state index >= 15 is 0 Å². The zero-order valence-electron chi connectivity index (χ0n) is 13.8. The fourth-order valence-electron chi connectivity index (χ4n) is 2.81. The van der Waals surface area contributed by atoms with Gasteiger partial charge in [-0.25, -0.2) is 8.78 Å². The Bertz CT molecular complexity index is 937. The number of aryl methyl sites for hydroxylation is 2. The highest BCUT2D eigenvalue weighted by molar-refractivity contribution is 6.33. The lowest BCUT2D eigenvalue weighted by molar-refractivity contribution is 0.585. The highest BCUT2D eigenvalue weighted by Crippen LogP contribution is 2.37. The Morgan fingerprint density at radius 3 is 2.68 bits per heavy atom. The summed E-state index contributed by atoms with van der Waals surface area (Å²) in [5.74, 6) is -0.739. The topological polar surface area (TPSA) is 55.9 Å². The molecular formula is C18H17ClF2N4. The van der Waals surface area contributed by atoms with Crippen molar-refractivity contribution < 1.29 is 8.78 Å². The lowest BCUT2D eigenvalue weighted by Crippen LogP contribution is -2.06. The minimum absolute atomic E-state index is 0.260. The van der Waals surface area contributed by atoms with Gasteiger partial charge in [0.05, 0.1) is 22.0 Å². The van der Waals surface area contributed by atoms with Gasteiger partial charge in [0, 0.05) is 25.2 Å². The SMILES string of the molecule is Cc1nn(C)c(Nc2c(Cl)cccc2CN)c1-c1ccc(F)cc1F. The molecule has 1 aromatic heterocycles. The van der Waals surface area contributed by atoms with Gasteiger partial charge in [-0.1, -0.05) is 23.7 Å². The van der Waals surface area contributed by atoms with Crippen LogP contribution in [0.1, 0.15) is 11.3 Å². The molecule has 0 radical (unpaired) electrons. The fourth-order valence-corrected chi connectivity index (χ4v) is 3.05. The van der Waals surface area contributed by atoms with E-state index in [0.717, 1.165) is 11.6 Å². The predicted molar refractivity (Wildman–Crippen MR) is 95.9 cm³/mol. The summed E-state index contributed by atoms with van der Waals surface area (Å²) in [6.45, 7) is 2.06. The van der Waals surface area contributed by atoms with Crippen LogP contribution >= 0.6 is 11.6 Å². The number of benzene rings is 2. The minimum Gasteiger partial charge on any atom is -0.338 e. The molecule has 0 fully saturated rings. The second kappa shape index (κ2) is 6.82. The highest BCUT2D eigenvalue weighted by atomic mass is 35.5. The zero-order valence-corrected chi connectivity index (χ0v) is 14.5. The van der Waals surface area contributed by atoms with Crippen LogP contribution in [-0.2, 0) is 13.6 Å². The van der Waals surface area contributed by atoms with Crippen molar-refractivity contribution >= 4 is 23.1 Å². The Kier molecular flexibility index (Phi) is 4.74. The molecule has 4 nitrogen and oxygen atoms in total. The molecule has 0 atom stereocenters. The lowest BCUT2D eigenvalue weighted by atomic mass is 10.0. The number of hydrogen-bond acceptors (Lipinski definition) is 3. The number of para-hydroxylation sites is 1. The van der Waals surface area contributed by atoms with Crippen LogP contribution in [0.15, 0.2) is 36.4 Å². The van der Waals surface area contributed by atoms with Gasteiger partial charge in [0.25, 0.3) is 0 Å². The van der Waals surface area contributed by atoms with Gasteiger partial charge in [-0.3, -0.25) is 4.68 Å². The van der Waals surface area contributed by atoms with Crippen molar-refractivity contribution in [1.29, 1.82) is 0 Å². The number of aromatic nitrogens is 2. The Balaban J connectivity index is 2.16. The molecule has 1 heterocycles. The molecule has 3 rings (SSSR count). The van der Waals surface area contributed by atoms with Crippen molar-refractivity contribution in [2.75, 3.05) is 5.32 Å². The average molecular weight is 363 g/mol. The molecular weight excluding hydrogens is 346 g/mol. The van der Waals surface area contributed by atoms with Gasteiger partial charge in [-0.05, 0) is 30.7 Å². The van der Waals surface area contributed by atoms with Gasteiger partial charge >= 0.3 is 0 Å². The van der Waals surface area contributed by atoms with Crippen molar-refractivity contribution in [3.63, 3.8) is 0 Å². The molecule has 0 spiro atoms. The smallest absolute Gasteiger partial charge is 0.136 e. The second-order valence-electron chi connectivity index (χ2n) is 5.66. The molecule has 25 heavy (non-hydrogen) atoms. The van der Waals surface area contributed by atoms with Crippen LogP contribution in [-0.4, -0.2) is 9.78 Å². The quantitative estimate of drug-likeness (QED) is 0.717. The van der Waals surface area contributed by atoms with E-state index in [2.05, 4.69) is 10.4 Å². The van der Waals surface area contributed by atoms with Gasteiger partial charge in [0.2, 0.25) is 0 Å². The molecule has 3 N–H and O–H groups in total. The molecule has 0 aliphatic heterocycles. The Morgan fingerprint density at radius 2 is 2.00 bits per heavy atom. The maximum Gasteiger partial charge on any atom is 0.136 e. The first-order chi connectivity index (χ1) is 11.9. The molecule has 0 saturated carbocycles. The molecule has 0 bridgehead atoms. The number of hydrogen-bond donors (Lipinski definition) is 2. The molecule has 2 aromatic carbocycles. The van der Waals surface area contributed by atoms with E-state index in [-0.39, 0.29) is 5.56 Å². The first-order valence-corrected chi connectivity index (χ1v) is 8.03. The van der Waals surface area contributed by atoms with E-state index in [4.69, 9.17) is 17.3 Å². The lowest BCUT2D eigenvalue weighted by Gasteiger charge is -2.15. The van der Waals surface area contributed by atoms with E-state index in [1.807, 2.05) is 12.1 Å². The van der Waals surface area contributed by atoms with E-state index < -0.39 is 11.6 Å². The summed E-state index contributed by atoms with van der Waals surface area (Å²) in [6.07, 6.45) is 0. The summed E-state index contributed by atoms with van der Waals surface area (Å²) in [4.78, 5) is 0. The maximum atomic E-state index is 14.3. The Labute approximate surface area is 149 Å². The van der Waals surface area contributed by atoms with Gasteiger partial charge < -0.3 is 11.1 Å². The second-order valence-corrected chi connectivity index (χ2v) is 6.07. The van der Waals surface area contributed by atoms with Gasteiger partial charge in [0.15, 0.2) is 0 Å². The Morgan fingerprint density at radius 1 is 1.24 bits per heavy atom. The minimum atomic E-state index is -0.655. The number of anilines is 2. The fraction of sp³-hybridized carbons (Fsp3) is 0.167. The van der Waals surface area contributed by atoms with E-state index in [0.29, 0.717) is 34.3 Å². The zero-order chi connectivity index (χ0) is 18.1. The molecule has 0 saturated heterocycles. The van der Waals surface area contributed by atoms with Crippen molar-refractivity contribution in [3.8, 4) is 11.1 Å². The van der Waals surface area contributed by atoms with E-state index in [1.165, 1.54) is 12.1 Å². The normalized spacial score (nSPS) is 11.0. The molecule has 0 aliphatic carbocycles. The third-order valence-electron chi connectivity index (χ3n) is 3.99. The van der Waals surface area contributed by atoms with Gasteiger partial charge in [-0.2, -0.15) is 5.10 Å².